The second-order valence-corrected chi connectivity index (χ2v) is 6.32. The van der Waals surface area contributed by atoms with E-state index in [1.165, 1.54) is 0 Å². The first-order valence-electron chi connectivity index (χ1n) is 7.27. The topological polar surface area (TPSA) is 89.4 Å². The lowest BCUT2D eigenvalue weighted by Crippen LogP contribution is -2.51. The van der Waals surface area contributed by atoms with Gasteiger partial charge in [0.15, 0.2) is 0 Å². The van der Waals surface area contributed by atoms with E-state index in [4.69, 9.17) is 11.5 Å². The Bertz CT molecular complexity index is 364. The van der Waals surface area contributed by atoms with Gasteiger partial charge in [-0.15, -0.1) is 0 Å². The third-order valence-corrected chi connectivity index (χ3v) is 4.91. The monoisotopic (exact) mass is 267 g/mol. The molecule has 4 N–H and O–H groups in total. The Hall–Kier alpha value is -1.10. The summed E-state index contributed by atoms with van der Waals surface area (Å²) in [7, 11) is 0. The fourth-order valence-corrected chi connectivity index (χ4v) is 3.44. The van der Waals surface area contributed by atoms with Crippen LogP contribution in [0.2, 0.25) is 0 Å². The van der Waals surface area contributed by atoms with Crippen LogP contribution < -0.4 is 11.5 Å². The van der Waals surface area contributed by atoms with Crippen molar-refractivity contribution in [2.45, 2.75) is 51.5 Å². The minimum atomic E-state index is -0.378. The molecule has 1 aliphatic carbocycles. The fraction of sp³-hybridized carbons (Fsp3) is 0.857. The molecule has 1 saturated heterocycles. The maximum absolute atomic E-state index is 12.6. The first-order valence-corrected chi connectivity index (χ1v) is 7.27. The number of amides is 2. The Kier molecular flexibility index (Phi) is 4.13. The zero-order valence-corrected chi connectivity index (χ0v) is 11.7. The van der Waals surface area contributed by atoms with Crippen LogP contribution in [0.4, 0.5) is 0 Å². The van der Waals surface area contributed by atoms with E-state index in [9.17, 15) is 9.59 Å². The molecular weight excluding hydrogens is 242 g/mol. The average Bonchev–Trinajstić information content (AvgIpc) is 2.70. The summed E-state index contributed by atoms with van der Waals surface area (Å²) in [5.74, 6) is 0.302. The van der Waals surface area contributed by atoms with Crippen LogP contribution in [0, 0.1) is 11.3 Å². The lowest BCUT2D eigenvalue weighted by molar-refractivity contribution is -0.143. The molecule has 0 bridgehead atoms. The summed E-state index contributed by atoms with van der Waals surface area (Å²) in [6.45, 7) is 3.47. The standard InChI is InChI=1S/C14H25N3O2/c1-14(6-2-3-11(14)15)13(19)17-7-4-10(5-8-17)9-12(16)18/h10-11H,2-9,15H2,1H3,(H2,16,18). The molecule has 2 unspecified atom stereocenters. The van der Waals surface area contributed by atoms with Crippen molar-refractivity contribution in [2.24, 2.45) is 22.8 Å². The normalized spacial score (nSPS) is 32.5. The summed E-state index contributed by atoms with van der Waals surface area (Å²) < 4.78 is 0. The van der Waals surface area contributed by atoms with Gasteiger partial charge in [-0.25, -0.2) is 0 Å². The van der Waals surface area contributed by atoms with E-state index in [2.05, 4.69) is 0 Å². The summed E-state index contributed by atoms with van der Waals surface area (Å²) in [6, 6.07) is -0.0108. The molecule has 1 saturated carbocycles. The van der Waals surface area contributed by atoms with E-state index < -0.39 is 0 Å². The molecule has 0 spiro atoms. The van der Waals surface area contributed by atoms with Crippen molar-refractivity contribution in [3.05, 3.63) is 0 Å². The van der Waals surface area contributed by atoms with Gasteiger partial charge in [-0.2, -0.15) is 0 Å². The Labute approximate surface area is 114 Å². The Morgan fingerprint density at radius 3 is 2.37 bits per heavy atom. The van der Waals surface area contributed by atoms with E-state index in [-0.39, 0.29) is 23.3 Å². The Morgan fingerprint density at radius 2 is 1.89 bits per heavy atom. The Balaban J connectivity index is 1.91. The zero-order chi connectivity index (χ0) is 14.0. The predicted molar refractivity (Wildman–Crippen MR) is 73.0 cm³/mol. The van der Waals surface area contributed by atoms with Crippen LogP contribution in [0.3, 0.4) is 0 Å². The number of hydrogen-bond acceptors (Lipinski definition) is 3. The highest BCUT2D eigenvalue weighted by molar-refractivity contribution is 5.83. The smallest absolute Gasteiger partial charge is 0.230 e. The van der Waals surface area contributed by atoms with Crippen LogP contribution in [-0.4, -0.2) is 35.8 Å². The van der Waals surface area contributed by atoms with Gasteiger partial charge >= 0.3 is 0 Å². The SMILES string of the molecule is CC1(C(=O)N2CCC(CC(N)=O)CC2)CCCC1N. The number of likely N-dealkylation sites (tertiary alicyclic amines) is 1. The van der Waals surface area contributed by atoms with E-state index in [0.29, 0.717) is 12.3 Å². The van der Waals surface area contributed by atoms with Crippen LogP contribution in [0.15, 0.2) is 0 Å². The molecule has 5 heteroatoms. The molecule has 2 atom stereocenters. The summed E-state index contributed by atoms with van der Waals surface area (Å²) in [5.41, 5.74) is 10.9. The van der Waals surface area contributed by atoms with Gasteiger partial charge in [0.25, 0.3) is 0 Å². The van der Waals surface area contributed by atoms with Gasteiger partial charge in [-0.3, -0.25) is 9.59 Å². The second kappa shape index (κ2) is 5.49. The minimum Gasteiger partial charge on any atom is -0.370 e. The predicted octanol–water partition coefficient (Wildman–Crippen LogP) is 0.618. The maximum atomic E-state index is 12.6. The van der Waals surface area contributed by atoms with Crippen molar-refractivity contribution >= 4 is 11.8 Å². The Morgan fingerprint density at radius 1 is 1.26 bits per heavy atom. The molecule has 5 nitrogen and oxygen atoms in total. The van der Waals surface area contributed by atoms with Gasteiger partial charge in [0.05, 0.1) is 5.41 Å². The number of primary amides is 1. The van der Waals surface area contributed by atoms with Gasteiger partial charge in [0.1, 0.15) is 0 Å². The van der Waals surface area contributed by atoms with Gasteiger partial charge < -0.3 is 16.4 Å². The number of nitrogens with two attached hydrogens (primary N) is 2. The van der Waals surface area contributed by atoms with E-state index >= 15 is 0 Å². The summed E-state index contributed by atoms with van der Waals surface area (Å²) in [4.78, 5) is 25.5. The van der Waals surface area contributed by atoms with Crippen molar-refractivity contribution in [1.29, 1.82) is 0 Å². The van der Waals surface area contributed by atoms with Crippen LogP contribution in [0.1, 0.15) is 45.4 Å². The van der Waals surface area contributed by atoms with Crippen molar-refractivity contribution < 1.29 is 9.59 Å². The molecule has 0 aromatic heterocycles. The third kappa shape index (κ3) is 2.91. The van der Waals surface area contributed by atoms with Crippen molar-refractivity contribution in [3.63, 3.8) is 0 Å². The highest BCUT2D eigenvalue weighted by Gasteiger charge is 2.45. The van der Waals surface area contributed by atoms with Crippen molar-refractivity contribution in [1.82, 2.24) is 4.90 Å². The molecule has 1 heterocycles. The molecule has 0 aromatic rings. The maximum Gasteiger partial charge on any atom is 0.230 e. The van der Waals surface area contributed by atoms with Gasteiger partial charge in [-0.05, 0) is 38.5 Å². The van der Waals surface area contributed by atoms with Crippen molar-refractivity contribution in [3.8, 4) is 0 Å². The average molecular weight is 267 g/mol. The minimum absolute atomic E-state index is 0.0108. The lowest BCUT2D eigenvalue weighted by atomic mass is 9.82. The van der Waals surface area contributed by atoms with Crippen LogP contribution in [0.25, 0.3) is 0 Å². The summed E-state index contributed by atoms with van der Waals surface area (Å²) in [6.07, 6.45) is 5.08. The third-order valence-electron chi connectivity index (χ3n) is 4.91. The quantitative estimate of drug-likeness (QED) is 0.785. The highest BCUT2D eigenvalue weighted by Crippen LogP contribution is 2.39. The zero-order valence-electron chi connectivity index (χ0n) is 11.7. The van der Waals surface area contributed by atoms with Crippen molar-refractivity contribution in [2.75, 3.05) is 13.1 Å². The first kappa shape index (κ1) is 14.3. The fourth-order valence-electron chi connectivity index (χ4n) is 3.44. The van der Waals surface area contributed by atoms with E-state index in [1.54, 1.807) is 0 Å². The molecule has 2 amide bonds. The first-order chi connectivity index (χ1) is 8.93. The number of carbonyl (C=O) groups is 2. The molecule has 2 rings (SSSR count). The van der Waals surface area contributed by atoms with E-state index in [0.717, 1.165) is 45.2 Å². The molecule has 0 radical (unpaired) electrons. The number of nitrogens with zero attached hydrogens (tertiary/aromatic N) is 1. The largest absolute Gasteiger partial charge is 0.370 e. The summed E-state index contributed by atoms with van der Waals surface area (Å²) >= 11 is 0. The molecule has 19 heavy (non-hydrogen) atoms. The van der Waals surface area contributed by atoms with Crippen LogP contribution >= 0.6 is 0 Å². The number of carbonyl (C=O) groups excluding carboxylic acids is 2. The molecule has 2 aliphatic rings. The molecular formula is C14H25N3O2. The van der Waals surface area contributed by atoms with Crippen LogP contribution in [0.5, 0.6) is 0 Å². The number of rotatable bonds is 3. The molecule has 0 aromatic carbocycles. The number of hydrogen-bond donors (Lipinski definition) is 2. The highest BCUT2D eigenvalue weighted by atomic mass is 16.2. The second-order valence-electron chi connectivity index (χ2n) is 6.32. The van der Waals surface area contributed by atoms with Gasteiger partial charge in [0, 0.05) is 25.6 Å². The lowest BCUT2D eigenvalue weighted by Gasteiger charge is -2.38. The molecule has 108 valence electrons. The van der Waals surface area contributed by atoms with Gasteiger partial charge in [-0.1, -0.05) is 6.42 Å². The number of piperidine rings is 1. The van der Waals surface area contributed by atoms with Crippen LogP contribution in [-0.2, 0) is 9.59 Å². The van der Waals surface area contributed by atoms with Gasteiger partial charge in [0.2, 0.25) is 11.8 Å². The molecule has 2 fully saturated rings. The van der Waals surface area contributed by atoms with E-state index in [1.807, 2.05) is 11.8 Å². The summed E-state index contributed by atoms with van der Waals surface area (Å²) in [5, 5.41) is 0. The molecule has 1 aliphatic heterocycles.